The number of nitrogens with two attached hydrogens (primary N) is 1. The summed E-state index contributed by atoms with van der Waals surface area (Å²) in [5, 5.41) is 4.48. The number of rotatable bonds is 3. The van der Waals surface area contributed by atoms with Gasteiger partial charge < -0.3 is 5.84 Å². The molecule has 1 aliphatic rings. The lowest BCUT2D eigenvalue weighted by Crippen LogP contribution is -2.40. The molecule has 0 unspecified atom stereocenters. The molecule has 0 aromatic heterocycles. The van der Waals surface area contributed by atoms with Crippen LogP contribution in [0.25, 0.3) is 0 Å². The van der Waals surface area contributed by atoms with Crippen LogP contribution in [0.1, 0.15) is 26.7 Å². The maximum atomic E-state index is 11.9. The number of carbonyl (C=O) groups excluding carboxylic acids is 1. The van der Waals surface area contributed by atoms with Crippen LogP contribution in [-0.2, 0) is 4.79 Å². The molecule has 1 aromatic carbocycles. The van der Waals surface area contributed by atoms with Gasteiger partial charge in [-0.3, -0.25) is 9.69 Å². The lowest BCUT2D eigenvalue weighted by atomic mass is 10.1. The minimum absolute atomic E-state index is 0.0451. The SMILES string of the molecule is CC(C)C(=Nc1ccc(Cl)cc1)C(=NN)N1CCCC1=O. The number of amidine groups is 1. The number of halogens is 1. The molecule has 0 saturated carbocycles. The first-order valence-electron chi connectivity index (χ1n) is 6.95. The number of likely N-dealkylation sites (tertiary alicyclic amines) is 1. The van der Waals surface area contributed by atoms with Crippen LogP contribution in [0.4, 0.5) is 5.69 Å². The molecule has 1 aliphatic heterocycles. The van der Waals surface area contributed by atoms with Gasteiger partial charge in [0.05, 0.1) is 11.4 Å². The molecule has 1 amide bonds. The van der Waals surface area contributed by atoms with E-state index in [9.17, 15) is 4.79 Å². The first-order chi connectivity index (χ1) is 10.0. The van der Waals surface area contributed by atoms with Crippen molar-refractivity contribution < 1.29 is 4.79 Å². The second kappa shape index (κ2) is 6.72. The van der Waals surface area contributed by atoms with E-state index in [4.69, 9.17) is 17.4 Å². The predicted molar refractivity (Wildman–Crippen MR) is 86.0 cm³/mol. The van der Waals surface area contributed by atoms with Crippen molar-refractivity contribution in [2.45, 2.75) is 26.7 Å². The maximum Gasteiger partial charge on any atom is 0.228 e. The molecule has 0 radical (unpaired) electrons. The van der Waals surface area contributed by atoms with Crippen LogP contribution in [0.3, 0.4) is 0 Å². The monoisotopic (exact) mass is 306 g/mol. The molecule has 6 heteroatoms. The number of hydrazone groups is 1. The Balaban J connectivity index is 2.37. The standard InChI is InChI=1S/C15H19ClN4O/c1-10(2)14(18-12-7-5-11(16)6-8-12)15(19-17)20-9-3-4-13(20)21/h5-8,10H,3-4,9,17H2,1-2H3. The van der Waals surface area contributed by atoms with Gasteiger partial charge in [0.15, 0.2) is 5.84 Å². The van der Waals surface area contributed by atoms with Gasteiger partial charge in [0.1, 0.15) is 0 Å². The Kier molecular flexibility index (Phi) is 4.96. The van der Waals surface area contributed by atoms with Gasteiger partial charge in [-0.1, -0.05) is 25.4 Å². The number of hydrogen-bond donors (Lipinski definition) is 1. The quantitative estimate of drug-likeness (QED) is 0.403. The highest BCUT2D eigenvalue weighted by Crippen LogP contribution is 2.20. The molecule has 0 atom stereocenters. The highest BCUT2D eigenvalue weighted by Gasteiger charge is 2.29. The molecule has 21 heavy (non-hydrogen) atoms. The van der Waals surface area contributed by atoms with Gasteiger partial charge in [0.2, 0.25) is 5.91 Å². The molecule has 2 N–H and O–H groups in total. The van der Waals surface area contributed by atoms with Crippen molar-refractivity contribution in [3.05, 3.63) is 29.3 Å². The molecule has 1 saturated heterocycles. The Hall–Kier alpha value is -1.88. The van der Waals surface area contributed by atoms with E-state index < -0.39 is 0 Å². The van der Waals surface area contributed by atoms with Crippen LogP contribution in [-0.4, -0.2) is 28.9 Å². The van der Waals surface area contributed by atoms with Crippen LogP contribution >= 0.6 is 11.6 Å². The molecule has 1 fully saturated rings. The fourth-order valence-corrected chi connectivity index (χ4v) is 2.36. The lowest BCUT2D eigenvalue weighted by molar-refractivity contribution is -0.124. The summed E-state index contributed by atoms with van der Waals surface area (Å²) in [6.45, 7) is 4.64. The molecule has 0 spiro atoms. The lowest BCUT2D eigenvalue weighted by Gasteiger charge is -2.21. The molecule has 1 aromatic rings. The van der Waals surface area contributed by atoms with E-state index >= 15 is 0 Å². The molecular formula is C15H19ClN4O. The van der Waals surface area contributed by atoms with E-state index in [-0.39, 0.29) is 11.8 Å². The summed E-state index contributed by atoms with van der Waals surface area (Å²) in [7, 11) is 0. The van der Waals surface area contributed by atoms with Gasteiger partial charge >= 0.3 is 0 Å². The van der Waals surface area contributed by atoms with Crippen LogP contribution in [0.5, 0.6) is 0 Å². The fourth-order valence-electron chi connectivity index (χ4n) is 2.24. The molecular weight excluding hydrogens is 288 g/mol. The first kappa shape index (κ1) is 15.5. The Morgan fingerprint density at radius 3 is 2.48 bits per heavy atom. The second-order valence-electron chi connectivity index (χ2n) is 5.23. The number of hydrogen-bond acceptors (Lipinski definition) is 4. The average Bonchev–Trinajstić information content (AvgIpc) is 2.87. The van der Waals surface area contributed by atoms with E-state index in [1.165, 1.54) is 0 Å². The Bertz CT molecular complexity index is 578. The van der Waals surface area contributed by atoms with Gasteiger partial charge in [-0.2, -0.15) is 5.10 Å². The minimum atomic E-state index is 0.0451. The summed E-state index contributed by atoms with van der Waals surface area (Å²) in [6.07, 6.45) is 1.36. The van der Waals surface area contributed by atoms with Gasteiger partial charge in [-0.15, -0.1) is 0 Å². The van der Waals surface area contributed by atoms with Gasteiger partial charge in [0, 0.05) is 18.0 Å². The van der Waals surface area contributed by atoms with Gasteiger partial charge in [0.25, 0.3) is 0 Å². The second-order valence-corrected chi connectivity index (χ2v) is 5.67. The average molecular weight is 307 g/mol. The van der Waals surface area contributed by atoms with Gasteiger partial charge in [-0.05, 0) is 36.6 Å². The fraction of sp³-hybridized carbons (Fsp3) is 0.400. The van der Waals surface area contributed by atoms with E-state index in [0.29, 0.717) is 29.5 Å². The summed E-state index contributed by atoms with van der Waals surface area (Å²) < 4.78 is 0. The third-order valence-corrected chi connectivity index (χ3v) is 3.56. The van der Waals surface area contributed by atoms with Crippen molar-refractivity contribution in [2.75, 3.05) is 6.54 Å². The molecule has 5 nitrogen and oxygen atoms in total. The zero-order valence-corrected chi connectivity index (χ0v) is 13.0. The van der Waals surface area contributed by atoms with Crippen LogP contribution in [0, 0.1) is 5.92 Å². The molecule has 112 valence electrons. The molecule has 0 aliphatic carbocycles. The van der Waals surface area contributed by atoms with E-state index in [0.717, 1.165) is 12.1 Å². The van der Waals surface area contributed by atoms with E-state index in [2.05, 4.69) is 10.1 Å². The van der Waals surface area contributed by atoms with Crippen molar-refractivity contribution in [3.8, 4) is 0 Å². The largest absolute Gasteiger partial charge is 0.321 e. The maximum absolute atomic E-state index is 11.9. The Morgan fingerprint density at radius 2 is 2.00 bits per heavy atom. The Morgan fingerprint density at radius 1 is 1.33 bits per heavy atom. The van der Waals surface area contributed by atoms with Crippen LogP contribution in [0.2, 0.25) is 5.02 Å². The normalized spacial score (nSPS) is 17.0. The van der Waals surface area contributed by atoms with Crippen molar-refractivity contribution >= 4 is 34.7 Å². The topological polar surface area (TPSA) is 71.0 Å². The minimum Gasteiger partial charge on any atom is -0.321 e. The predicted octanol–water partition coefficient (Wildman–Crippen LogP) is 2.96. The zero-order chi connectivity index (χ0) is 15.4. The van der Waals surface area contributed by atoms with Crippen LogP contribution < -0.4 is 5.84 Å². The summed E-state index contributed by atoms with van der Waals surface area (Å²) in [5.41, 5.74) is 1.46. The highest BCUT2D eigenvalue weighted by molar-refractivity contribution is 6.44. The highest BCUT2D eigenvalue weighted by atomic mass is 35.5. The zero-order valence-electron chi connectivity index (χ0n) is 12.2. The van der Waals surface area contributed by atoms with E-state index in [1.54, 1.807) is 17.0 Å². The van der Waals surface area contributed by atoms with Gasteiger partial charge in [-0.25, -0.2) is 4.99 Å². The van der Waals surface area contributed by atoms with Crippen molar-refractivity contribution in [2.24, 2.45) is 21.9 Å². The summed E-state index contributed by atoms with van der Waals surface area (Å²) >= 11 is 5.88. The van der Waals surface area contributed by atoms with E-state index in [1.807, 2.05) is 26.0 Å². The molecule has 0 bridgehead atoms. The number of benzene rings is 1. The molecule has 1 heterocycles. The number of aliphatic imine (C=N–C) groups is 1. The first-order valence-corrected chi connectivity index (χ1v) is 7.33. The van der Waals surface area contributed by atoms with Crippen molar-refractivity contribution in [1.29, 1.82) is 0 Å². The van der Waals surface area contributed by atoms with Crippen molar-refractivity contribution in [1.82, 2.24) is 4.90 Å². The summed E-state index contributed by atoms with van der Waals surface area (Å²) in [4.78, 5) is 18.1. The smallest absolute Gasteiger partial charge is 0.228 e. The number of amides is 1. The van der Waals surface area contributed by atoms with Crippen LogP contribution in [0.15, 0.2) is 34.4 Å². The number of carbonyl (C=O) groups is 1. The molecule has 2 rings (SSSR count). The number of nitrogens with zero attached hydrogens (tertiary/aromatic N) is 3. The summed E-state index contributed by atoms with van der Waals surface area (Å²) in [5.74, 6) is 6.12. The van der Waals surface area contributed by atoms with Crippen molar-refractivity contribution in [3.63, 3.8) is 0 Å². The third kappa shape index (κ3) is 3.61. The Labute approximate surface area is 129 Å². The third-order valence-electron chi connectivity index (χ3n) is 3.30. The summed E-state index contributed by atoms with van der Waals surface area (Å²) in [6, 6.07) is 7.20.